The van der Waals surface area contributed by atoms with Crippen molar-refractivity contribution in [2.45, 2.75) is 64.9 Å². The molecular formula is C13H22O. The van der Waals surface area contributed by atoms with Gasteiger partial charge in [0.25, 0.3) is 0 Å². The van der Waals surface area contributed by atoms with E-state index in [0.29, 0.717) is 0 Å². The summed E-state index contributed by atoms with van der Waals surface area (Å²) < 4.78 is 0. The van der Waals surface area contributed by atoms with E-state index in [0.717, 1.165) is 12.8 Å². The topological polar surface area (TPSA) is 20.2 Å². The maximum Gasteiger partial charge on any atom is 0.131 e. The average Bonchev–Trinajstić information content (AvgIpc) is 2.59. The Bertz CT molecular complexity index is 244. The van der Waals surface area contributed by atoms with Gasteiger partial charge in [0.1, 0.15) is 5.60 Å². The molecule has 1 N–H and O–H groups in total. The third-order valence-corrected chi connectivity index (χ3v) is 3.14. The van der Waals surface area contributed by atoms with Crippen molar-refractivity contribution in [3.05, 3.63) is 0 Å². The van der Waals surface area contributed by atoms with Gasteiger partial charge in [0.2, 0.25) is 0 Å². The van der Waals surface area contributed by atoms with Crippen LogP contribution in [0.3, 0.4) is 0 Å². The third-order valence-electron chi connectivity index (χ3n) is 3.14. The van der Waals surface area contributed by atoms with Crippen molar-refractivity contribution in [2.75, 3.05) is 0 Å². The Morgan fingerprint density at radius 2 is 1.86 bits per heavy atom. The van der Waals surface area contributed by atoms with E-state index in [1.165, 1.54) is 25.7 Å². The van der Waals surface area contributed by atoms with Gasteiger partial charge in [0.15, 0.2) is 0 Å². The second-order valence-corrected chi connectivity index (χ2v) is 5.03. The van der Waals surface area contributed by atoms with Crippen LogP contribution >= 0.6 is 0 Å². The van der Waals surface area contributed by atoms with E-state index in [9.17, 15) is 5.11 Å². The van der Waals surface area contributed by atoms with Crippen molar-refractivity contribution in [1.82, 2.24) is 0 Å². The summed E-state index contributed by atoms with van der Waals surface area (Å²) in [5, 5.41) is 9.89. The van der Waals surface area contributed by atoms with Crippen molar-refractivity contribution >= 4 is 0 Å². The molecule has 1 saturated carbocycles. The normalized spacial score (nSPS) is 28.0. The molecule has 0 amide bonds. The largest absolute Gasteiger partial charge is 0.377 e. The van der Waals surface area contributed by atoms with Crippen LogP contribution < -0.4 is 0 Å². The number of aliphatic hydroxyl groups is 1. The maximum absolute atomic E-state index is 9.89. The van der Waals surface area contributed by atoms with Crippen LogP contribution in [0, 0.1) is 17.3 Å². The lowest BCUT2D eigenvalue weighted by molar-refractivity contribution is 0.169. The lowest BCUT2D eigenvalue weighted by Crippen LogP contribution is -2.11. The highest BCUT2D eigenvalue weighted by molar-refractivity contribution is 5.29. The zero-order chi connectivity index (χ0) is 10.7. The van der Waals surface area contributed by atoms with Gasteiger partial charge >= 0.3 is 0 Å². The summed E-state index contributed by atoms with van der Waals surface area (Å²) in [6.07, 6.45) is 6.80. The Balaban J connectivity index is 2.16. The van der Waals surface area contributed by atoms with Crippen molar-refractivity contribution in [3.8, 4) is 11.8 Å². The molecule has 1 aliphatic carbocycles. The third kappa shape index (κ3) is 2.75. The van der Waals surface area contributed by atoms with Crippen LogP contribution in [0.1, 0.15) is 59.3 Å². The van der Waals surface area contributed by atoms with E-state index < -0.39 is 5.60 Å². The standard InChI is InChI=1S/C13H22O/c1-4-5-6-7-8-9-10-13(14)11-12(13,2)3/h14H,4-8,11H2,1-3H3/t13-/m0/s1. The highest BCUT2D eigenvalue weighted by atomic mass is 16.3. The molecule has 1 atom stereocenters. The summed E-state index contributed by atoms with van der Waals surface area (Å²) in [6.45, 7) is 6.35. The first kappa shape index (κ1) is 11.6. The number of hydrogen-bond acceptors (Lipinski definition) is 1. The monoisotopic (exact) mass is 194 g/mol. The summed E-state index contributed by atoms with van der Waals surface area (Å²) in [7, 11) is 0. The predicted molar refractivity (Wildman–Crippen MR) is 59.9 cm³/mol. The van der Waals surface area contributed by atoms with Gasteiger partial charge in [0, 0.05) is 11.8 Å². The lowest BCUT2D eigenvalue weighted by Gasteiger charge is -2.04. The quantitative estimate of drug-likeness (QED) is 0.538. The lowest BCUT2D eigenvalue weighted by atomic mass is 10.1. The number of rotatable bonds is 4. The molecule has 80 valence electrons. The molecule has 0 spiro atoms. The van der Waals surface area contributed by atoms with Gasteiger partial charge in [-0.25, -0.2) is 0 Å². The molecule has 0 aliphatic heterocycles. The molecule has 0 heterocycles. The van der Waals surface area contributed by atoms with Crippen molar-refractivity contribution < 1.29 is 5.11 Å². The second-order valence-electron chi connectivity index (χ2n) is 5.03. The summed E-state index contributed by atoms with van der Waals surface area (Å²) >= 11 is 0. The zero-order valence-electron chi connectivity index (χ0n) is 9.69. The molecule has 1 rings (SSSR count). The van der Waals surface area contributed by atoms with Crippen molar-refractivity contribution in [2.24, 2.45) is 5.41 Å². The Hall–Kier alpha value is -0.480. The molecular weight excluding hydrogens is 172 g/mol. The van der Waals surface area contributed by atoms with E-state index in [2.05, 4.69) is 32.6 Å². The Morgan fingerprint density at radius 1 is 1.21 bits per heavy atom. The summed E-state index contributed by atoms with van der Waals surface area (Å²) in [5.41, 5.74) is -0.638. The first-order valence-corrected chi connectivity index (χ1v) is 5.74. The first-order valence-electron chi connectivity index (χ1n) is 5.74. The molecule has 1 heteroatoms. The minimum absolute atomic E-state index is 0.0312. The molecule has 0 unspecified atom stereocenters. The van der Waals surface area contributed by atoms with E-state index in [-0.39, 0.29) is 5.41 Å². The zero-order valence-corrected chi connectivity index (χ0v) is 9.69. The molecule has 0 bridgehead atoms. The molecule has 0 aromatic carbocycles. The maximum atomic E-state index is 9.89. The van der Waals surface area contributed by atoms with Crippen molar-refractivity contribution in [1.29, 1.82) is 0 Å². The summed E-state index contributed by atoms with van der Waals surface area (Å²) in [5.74, 6) is 6.11. The van der Waals surface area contributed by atoms with Crippen molar-refractivity contribution in [3.63, 3.8) is 0 Å². The Kier molecular flexibility index (Phi) is 3.61. The van der Waals surface area contributed by atoms with E-state index in [4.69, 9.17) is 0 Å². The molecule has 1 nitrogen and oxygen atoms in total. The van der Waals surface area contributed by atoms with Crippen LogP contribution in [0.2, 0.25) is 0 Å². The second kappa shape index (κ2) is 4.36. The Morgan fingerprint density at radius 3 is 2.36 bits per heavy atom. The fourth-order valence-corrected chi connectivity index (χ4v) is 1.66. The SMILES string of the molecule is CCCCCCC#C[C@]1(O)CC1(C)C. The van der Waals surface area contributed by atoms with Crippen LogP contribution in [0.25, 0.3) is 0 Å². The molecule has 0 radical (unpaired) electrons. The summed E-state index contributed by atoms with van der Waals surface area (Å²) in [6, 6.07) is 0. The minimum Gasteiger partial charge on any atom is -0.377 e. The predicted octanol–water partition coefficient (Wildman–Crippen LogP) is 3.12. The first-order chi connectivity index (χ1) is 6.52. The van der Waals surface area contributed by atoms with Gasteiger partial charge in [-0.3, -0.25) is 0 Å². The molecule has 0 aromatic rings. The van der Waals surface area contributed by atoms with Gasteiger partial charge in [-0.2, -0.15) is 0 Å². The Labute approximate surface area is 87.9 Å². The van der Waals surface area contributed by atoms with Crippen LogP contribution in [0.15, 0.2) is 0 Å². The summed E-state index contributed by atoms with van der Waals surface area (Å²) in [4.78, 5) is 0. The average molecular weight is 194 g/mol. The van der Waals surface area contributed by atoms with Gasteiger partial charge in [0.05, 0.1) is 0 Å². The number of hydrogen-bond donors (Lipinski definition) is 1. The van der Waals surface area contributed by atoms with Crippen LogP contribution in [0.5, 0.6) is 0 Å². The highest BCUT2D eigenvalue weighted by Gasteiger charge is 2.59. The van der Waals surface area contributed by atoms with Gasteiger partial charge in [-0.15, -0.1) is 5.92 Å². The van der Waals surface area contributed by atoms with Gasteiger partial charge < -0.3 is 5.11 Å². The van der Waals surface area contributed by atoms with E-state index in [1.807, 2.05) is 0 Å². The van der Waals surface area contributed by atoms with E-state index in [1.54, 1.807) is 0 Å². The highest BCUT2D eigenvalue weighted by Crippen LogP contribution is 2.54. The van der Waals surface area contributed by atoms with Crippen LogP contribution in [-0.4, -0.2) is 10.7 Å². The fraction of sp³-hybridized carbons (Fsp3) is 0.846. The smallest absolute Gasteiger partial charge is 0.131 e. The van der Waals surface area contributed by atoms with Gasteiger partial charge in [-0.1, -0.05) is 46.0 Å². The molecule has 1 aliphatic rings. The van der Waals surface area contributed by atoms with E-state index >= 15 is 0 Å². The van der Waals surface area contributed by atoms with Crippen LogP contribution in [-0.2, 0) is 0 Å². The molecule has 0 saturated heterocycles. The minimum atomic E-state index is -0.669. The molecule has 14 heavy (non-hydrogen) atoms. The number of unbranched alkanes of at least 4 members (excludes halogenated alkanes) is 4. The fourth-order valence-electron chi connectivity index (χ4n) is 1.66. The molecule has 1 fully saturated rings. The van der Waals surface area contributed by atoms with Gasteiger partial charge in [-0.05, 0) is 12.8 Å². The van der Waals surface area contributed by atoms with Crippen LogP contribution in [0.4, 0.5) is 0 Å². The molecule has 0 aromatic heterocycles.